The number of aryl methyl sites for hydroxylation is 1. The second kappa shape index (κ2) is 4.41. The summed E-state index contributed by atoms with van der Waals surface area (Å²) in [6, 6.07) is 1.89. The first-order valence-corrected chi connectivity index (χ1v) is 6.85. The number of aromatic nitrogens is 5. The Hall–Kier alpha value is -2.70. The Balaban J connectivity index is 1.80. The van der Waals surface area contributed by atoms with Gasteiger partial charge in [-0.2, -0.15) is 10.2 Å². The molecule has 0 aliphatic heterocycles. The second-order valence-electron chi connectivity index (χ2n) is 5.32. The second-order valence-corrected chi connectivity index (χ2v) is 5.32. The Morgan fingerprint density at radius 3 is 3.00 bits per heavy atom. The van der Waals surface area contributed by atoms with E-state index in [1.165, 1.54) is 0 Å². The van der Waals surface area contributed by atoms with Gasteiger partial charge in [-0.3, -0.25) is 14.6 Å². The summed E-state index contributed by atoms with van der Waals surface area (Å²) >= 11 is 0. The average Bonchev–Trinajstić information content (AvgIpc) is 3.10. The Bertz CT molecular complexity index is 815. The molecule has 0 aromatic carbocycles. The highest BCUT2D eigenvalue weighted by atomic mass is 16.1. The van der Waals surface area contributed by atoms with Gasteiger partial charge in [0.2, 0.25) is 0 Å². The van der Waals surface area contributed by atoms with Crippen LogP contribution in [0.4, 0.5) is 5.69 Å². The average molecular weight is 282 g/mol. The molecule has 7 heteroatoms. The fourth-order valence-corrected chi connectivity index (χ4v) is 2.43. The summed E-state index contributed by atoms with van der Waals surface area (Å²) in [6.07, 6.45) is 7.17. The molecule has 1 amide bonds. The minimum absolute atomic E-state index is 0.168. The van der Waals surface area contributed by atoms with Crippen LogP contribution >= 0.6 is 0 Å². The molecule has 1 aliphatic rings. The first-order valence-electron chi connectivity index (χ1n) is 6.85. The molecule has 3 aromatic rings. The summed E-state index contributed by atoms with van der Waals surface area (Å²) < 4.78 is 1.70. The third-order valence-electron chi connectivity index (χ3n) is 3.72. The van der Waals surface area contributed by atoms with Gasteiger partial charge in [0.25, 0.3) is 5.91 Å². The summed E-state index contributed by atoms with van der Waals surface area (Å²) in [5, 5.41) is 14.3. The van der Waals surface area contributed by atoms with Gasteiger partial charge >= 0.3 is 0 Å². The van der Waals surface area contributed by atoms with Gasteiger partial charge < -0.3 is 5.32 Å². The van der Waals surface area contributed by atoms with Crippen molar-refractivity contribution >= 4 is 22.6 Å². The number of pyridine rings is 1. The number of H-pyrrole nitrogens is 1. The molecule has 1 fully saturated rings. The lowest BCUT2D eigenvalue weighted by Gasteiger charge is -2.07. The summed E-state index contributed by atoms with van der Waals surface area (Å²) in [5.41, 5.74) is 2.97. The van der Waals surface area contributed by atoms with Gasteiger partial charge in [0.1, 0.15) is 0 Å². The fraction of sp³-hybridized carbons (Fsp3) is 0.286. The van der Waals surface area contributed by atoms with E-state index in [4.69, 9.17) is 0 Å². The molecular formula is C14H14N6O. The first kappa shape index (κ1) is 12.1. The van der Waals surface area contributed by atoms with Gasteiger partial charge in [0.05, 0.1) is 29.0 Å². The van der Waals surface area contributed by atoms with Gasteiger partial charge in [0, 0.05) is 24.9 Å². The largest absolute Gasteiger partial charge is 0.319 e. The molecule has 106 valence electrons. The van der Waals surface area contributed by atoms with E-state index in [0.717, 1.165) is 29.6 Å². The molecule has 0 radical (unpaired) electrons. The maximum Gasteiger partial charge on any atom is 0.256 e. The SMILES string of the molecule is Cn1ncc2c(C(=O)Nc3cn[nH]c3)cc(C3CC3)nc21. The number of hydrogen-bond acceptors (Lipinski definition) is 4. The van der Waals surface area contributed by atoms with Gasteiger partial charge in [-0.1, -0.05) is 0 Å². The van der Waals surface area contributed by atoms with Gasteiger partial charge in [0.15, 0.2) is 5.65 Å². The molecule has 0 unspecified atom stereocenters. The minimum atomic E-state index is -0.168. The van der Waals surface area contributed by atoms with Gasteiger partial charge in [-0.25, -0.2) is 4.98 Å². The molecular weight excluding hydrogens is 268 g/mol. The van der Waals surface area contributed by atoms with E-state index in [1.54, 1.807) is 23.3 Å². The maximum atomic E-state index is 12.5. The lowest BCUT2D eigenvalue weighted by Crippen LogP contribution is -2.13. The Morgan fingerprint density at radius 2 is 2.29 bits per heavy atom. The lowest BCUT2D eigenvalue weighted by molar-refractivity contribution is 0.102. The van der Waals surface area contributed by atoms with Crippen LogP contribution in [0.2, 0.25) is 0 Å². The highest BCUT2D eigenvalue weighted by molar-refractivity contribution is 6.11. The van der Waals surface area contributed by atoms with Gasteiger partial charge in [-0.05, 0) is 18.9 Å². The van der Waals surface area contributed by atoms with Crippen LogP contribution in [0, 0.1) is 0 Å². The van der Waals surface area contributed by atoms with Crippen molar-refractivity contribution < 1.29 is 4.79 Å². The number of carbonyl (C=O) groups is 1. The molecule has 0 bridgehead atoms. The van der Waals surface area contributed by atoms with Crippen molar-refractivity contribution in [1.82, 2.24) is 25.0 Å². The molecule has 3 heterocycles. The molecule has 1 aliphatic carbocycles. The maximum absolute atomic E-state index is 12.5. The van der Waals surface area contributed by atoms with E-state index in [0.29, 0.717) is 17.2 Å². The molecule has 21 heavy (non-hydrogen) atoms. The number of amides is 1. The molecule has 0 atom stereocenters. The Morgan fingerprint density at radius 1 is 1.43 bits per heavy atom. The van der Waals surface area contributed by atoms with E-state index >= 15 is 0 Å². The fourth-order valence-electron chi connectivity index (χ4n) is 2.43. The quantitative estimate of drug-likeness (QED) is 0.767. The zero-order valence-electron chi connectivity index (χ0n) is 11.5. The highest BCUT2D eigenvalue weighted by Crippen LogP contribution is 2.40. The van der Waals surface area contributed by atoms with Crippen LogP contribution in [0.5, 0.6) is 0 Å². The number of rotatable bonds is 3. The molecule has 7 nitrogen and oxygen atoms in total. The van der Waals surface area contributed by atoms with E-state index in [9.17, 15) is 4.79 Å². The Kier molecular flexibility index (Phi) is 2.53. The van der Waals surface area contributed by atoms with Crippen LogP contribution in [0.3, 0.4) is 0 Å². The van der Waals surface area contributed by atoms with Crippen molar-refractivity contribution in [2.75, 3.05) is 5.32 Å². The third kappa shape index (κ3) is 2.06. The Labute approximate surface area is 120 Å². The summed E-state index contributed by atoms with van der Waals surface area (Å²) in [6.45, 7) is 0. The third-order valence-corrected chi connectivity index (χ3v) is 3.72. The predicted molar refractivity (Wildman–Crippen MR) is 77.0 cm³/mol. The number of nitrogens with one attached hydrogen (secondary N) is 2. The zero-order chi connectivity index (χ0) is 14.4. The number of nitrogens with zero attached hydrogens (tertiary/aromatic N) is 4. The number of carbonyl (C=O) groups excluding carboxylic acids is 1. The monoisotopic (exact) mass is 282 g/mol. The lowest BCUT2D eigenvalue weighted by atomic mass is 10.1. The van der Waals surface area contributed by atoms with Gasteiger partial charge in [-0.15, -0.1) is 0 Å². The van der Waals surface area contributed by atoms with E-state index < -0.39 is 0 Å². The van der Waals surface area contributed by atoms with Crippen LogP contribution in [-0.2, 0) is 7.05 Å². The molecule has 3 aromatic heterocycles. The normalized spacial score (nSPS) is 14.5. The van der Waals surface area contributed by atoms with Crippen LogP contribution in [0.25, 0.3) is 11.0 Å². The van der Waals surface area contributed by atoms with E-state index in [2.05, 4.69) is 25.6 Å². The number of aromatic amines is 1. The van der Waals surface area contributed by atoms with Crippen molar-refractivity contribution in [3.8, 4) is 0 Å². The van der Waals surface area contributed by atoms with E-state index in [1.807, 2.05) is 13.1 Å². The van der Waals surface area contributed by atoms with Crippen molar-refractivity contribution in [2.24, 2.45) is 7.05 Å². The minimum Gasteiger partial charge on any atom is -0.319 e. The highest BCUT2D eigenvalue weighted by Gasteiger charge is 2.27. The van der Waals surface area contributed by atoms with Crippen molar-refractivity contribution in [2.45, 2.75) is 18.8 Å². The summed E-state index contributed by atoms with van der Waals surface area (Å²) in [7, 11) is 1.84. The standard InChI is InChI=1S/C14H14N6O/c1-20-13-11(7-17-20)10(4-12(19-13)8-2-3-8)14(21)18-9-5-15-16-6-9/h4-8H,2-3H2,1H3,(H,15,16)(H,18,21). The predicted octanol–water partition coefficient (Wildman–Crippen LogP) is 1.82. The first-order chi connectivity index (χ1) is 10.2. The van der Waals surface area contributed by atoms with Crippen molar-refractivity contribution in [1.29, 1.82) is 0 Å². The van der Waals surface area contributed by atoms with E-state index in [-0.39, 0.29) is 5.91 Å². The topological polar surface area (TPSA) is 88.5 Å². The molecule has 0 spiro atoms. The zero-order valence-corrected chi connectivity index (χ0v) is 11.5. The van der Waals surface area contributed by atoms with Crippen LogP contribution in [-0.4, -0.2) is 30.9 Å². The molecule has 0 saturated heterocycles. The molecule has 4 rings (SSSR count). The van der Waals surface area contributed by atoms with Crippen LogP contribution in [0.1, 0.15) is 34.8 Å². The van der Waals surface area contributed by atoms with Crippen molar-refractivity contribution in [3.63, 3.8) is 0 Å². The smallest absolute Gasteiger partial charge is 0.256 e. The number of anilines is 1. The number of hydrogen-bond donors (Lipinski definition) is 2. The summed E-state index contributed by atoms with van der Waals surface area (Å²) in [5.74, 6) is 0.309. The van der Waals surface area contributed by atoms with Crippen LogP contribution in [0.15, 0.2) is 24.7 Å². The molecule has 1 saturated carbocycles. The molecule has 2 N–H and O–H groups in total. The summed E-state index contributed by atoms with van der Waals surface area (Å²) in [4.78, 5) is 17.2. The van der Waals surface area contributed by atoms with Crippen molar-refractivity contribution in [3.05, 3.63) is 35.9 Å². The van der Waals surface area contributed by atoms with Crippen LogP contribution < -0.4 is 5.32 Å². The number of fused-ring (bicyclic) bond motifs is 1.